The summed E-state index contributed by atoms with van der Waals surface area (Å²) in [5.41, 5.74) is 4.93. The van der Waals surface area contributed by atoms with Crippen molar-refractivity contribution in [1.82, 2.24) is 10.3 Å². The molecule has 0 aliphatic heterocycles. The highest BCUT2D eigenvalue weighted by atomic mass is 16.5. The lowest BCUT2D eigenvalue weighted by molar-refractivity contribution is 0.239. The fraction of sp³-hybridized carbons (Fsp3) is 0.188. The Hall–Kier alpha value is -5.38. The van der Waals surface area contributed by atoms with Crippen molar-refractivity contribution in [3.05, 3.63) is 107 Å². The topological polar surface area (TPSA) is 114 Å². The Morgan fingerprint density at radius 1 is 0.595 bits per heavy atom. The zero-order valence-electron chi connectivity index (χ0n) is 23.7. The predicted molar refractivity (Wildman–Crippen MR) is 158 cm³/mol. The average Bonchev–Trinajstić information content (AvgIpc) is 3.64. The lowest BCUT2D eigenvalue weighted by Gasteiger charge is -2.10. The van der Waals surface area contributed by atoms with Crippen LogP contribution in [0.2, 0.25) is 0 Å². The van der Waals surface area contributed by atoms with Crippen LogP contribution in [0.1, 0.15) is 34.0 Å². The molecule has 0 bridgehead atoms. The van der Waals surface area contributed by atoms with Crippen LogP contribution in [0.15, 0.2) is 91.8 Å². The van der Waals surface area contributed by atoms with Crippen molar-refractivity contribution in [2.75, 3.05) is 14.2 Å². The highest BCUT2D eigenvalue weighted by Crippen LogP contribution is 2.30. The average molecular weight is 567 g/mol. The largest absolute Gasteiger partial charge is 0.493 e. The van der Waals surface area contributed by atoms with Gasteiger partial charge >= 0.3 is 0 Å². The van der Waals surface area contributed by atoms with Gasteiger partial charge in [0.05, 0.1) is 37.0 Å². The molecule has 0 saturated carbocycles. The molecule has 0 N–H and O–H groups in total. The number of aliphatic imine (C=N–C) groups is 2. The third-order valence-electron chi connectivity index (χ3n) is 6.04. The van der Waals surface area contributed by atoms with E-state index < -0.39 is 0 Å². The van der Waals surface area contributed by atoms with Crippen LogP contribution in [0.4, 0.5) is 11.4 Å². The van der Waals surface area contributed by atoms with E-state index in [0.29, 0.717) is 34.5 Å². The fourth-order valence-electron chi connectivity index (χ4n) is 3.96. The van der Waals surface area contributed by atoms with Crippen LogP contribution in [0, 0.1) is 13.8 Å². The Kier molecular flexibility index (Phi) is 8.93. The second kappa shape index (κ2) is 13.3. The van der Waals surface area contributed by atoms with E-state index in [-0.39, 0.29) is 13.2 Å². The smallest absolute Gasteiger partial charge is 0.174 e. The Labute approximate surface area is 243 Å². The maximum absolute atomic E-state index is 5.82. The summed E-state index contributed by atoms with van der Waals surface area (Å²) in [6.07, 6.45) is 3.54. The Balaban J connectivity index is 1.18. The predicted octanol–water partition coefficient (Wildman–Crippen LogP) is 6.96. The number of rotatable bonds is 12. The molecule has 0 spiro atoms. The summed E-state index contributed by atoms with van der Waals surface area (Å²) in [5.74, 6) is 3.69. The maximum atomic E-state index is 5.82. The maximum Gasteiger partial charge on any atom is 0.174 e. The van der Waals surface area contributed by atoms with Gasteiger partial charge in [0.15, 0.2) is 34.5 Å². The molecule has 5 aromatic rings. The third kappa shape index (κ3) is 7.42. The normalized spacial score (nSPS) is 11.3. The highest BCUT2D eigenvalue weighted by Gasteiger charge is 2.09. The molecule has 0 unspecified atom stereocenters. The minimum Gasteiger partial charge on any atom is -0.493 e. The summed E-state index contributed by atoms with van der Waals surface area (Å²) >= 11 is 0. The van der Waals surface area contributed by atoms with Gasteiger partial charge < -0.3 is 28.0 Å². The van der Waals surface area contributed by atoms with Crippen molar-refractivity contribution >= 4 is 23.8 Å². The van der Waals surface area contributed by atoms with Gasteiger partial charge in [0.25, 0.3) is 0 Å². The summed E-state index contributed by atoms with van der Waals surface area (Å²) in [5, 5.41) is 7.74. The van der Waals surface area contributed by atoms with Gasteiger partial charge in [0.2, 0.25) is 0 Å². The van der Waals surface area contributed by atoms with Crippen LogP contribution < -0.4 is 18.9 Å². The van der Waals surface area contributed by atoms with Crippen molar-refractivity contribution in [2.45, 2.75) is 27.1 Å². The second-order valence-corrected chi connectivity index (χ2v) is 9.30. The molecule has 5 rings (SSSR count). The molecule has 0 aliphatic carbocycles. The number of hydrogen-bond donors (Lipinski definition) is 0. The molecule has 2 aromatic heterocycles. The lowest BCUT2D eigenvalue weighted by Crippen LogP contribution is -1.97. The summed E-state index contributed by atoms with van der Waals surface area (Å²) in [6.45, 7) is 4.25. The zero-order chi connectivity index (χ0) is 29.3. The monoisotopic (exact) mass is 566 g/mol. The van der Waals surface area contributed by atoms with Crippen LogP contribution >= 0.6 is 0 Å². The van der Waals surface area contributed by atoms with E-state index in [9.17, 15) is 0 Å². The van der Waals surface area contributed by atoms with Crippen LogP contribution in [0.3, 0.4) is 0 Å². The molecule has 0 saturated heterocycles. The fourth-order valence-corrected chi connectivity index (χ4v) is 3.96. The number of aromatic nitrogens is 2. The minimum atomic E-state index is 0.261. The quantitative estimate of drug-likeness (QED) is 0.149. The number of aryl methyl sites for hydroxylation is 2. The number of methoxy groups -OCH3 is 2. The summed E-state index contributed by atoms with van der Waals surface area (Å²) in [4.78, 5) is 9.15. The number of ether oxygens (including phenoxy) is 4. The van der Waals surface area contributed by atoms with Gasteiger partial charge in [-0.25, -0.2) is 0 Å². The van der Waals surface area contributed by atoms with Gasteiger partial charge in [-0.15, -0.1) is 0 Å². The summed E-state index contributed by atoms with van der Waals surface area (Å²) < 4.78 is 33.0. The molecule has 2 heterocycles. The first-order chi connectivity index (χ1) is 20.5. The zero-order valence-corrected chi connectivity index (χ0v) is 23.7. The van der Waals surface area contributed by atoms with Crippen molar-refractivity contribution in [3.63, 3.8) is 0 Å². The molecular weight excluding hydrogens is 536 g/mol. The molecule has 10 heteroatoms. The second-order valence-electron chi connectivity index (χ2n) is 9.30. The molecule has 42 heavy (non-hydrogen) atoms. The number of hydrogen-bond acceptors (Lipinski definition) is 10. The Bertz CT molecular complexity index is 1560. The van der Waals surface area contributed by atoms with Crippen molar-refractivity contribution < 1.29 is 28.0 Å². The first-order valence-corrected chi connectivity index (χ1v) is 13.1. The van der Waals surface area contributed by atoms with Crippen LogP contribution in [-0.4, -0.2) is 37.0 Å². The van der Waals surface area contributed by atoms with Crippen molar-refractivity contribution in [2.24, 2.45) is 9.98 Å². The molecule has 10 nitrogen and oxygen atoms in total. The third-order valence-corrected chi connectivity index (χ3v) is 6.04. The molecule has 0 aliphatic rings. The van der Waals surface area contributed by atoms with Gasteiger partial charge in [-0.05, 0) is 85.6 Å². The molecule has 0 fully saturated rings. The molecule has 214 valence electrons. The molecule has 3 aromatic carbocycles. The van der Waals surface area contributed by atoms with Crippen LogP contribution in [0.25, 0.3) is 0 Å². The Morgan fingerprint density at radius 3 is 1.38 bits per heavy atom. The SMILES string of the molecule is COc1cc(C=Nc2ccc(N=Cc3ccc(OCc4cc(C)no4)c(OC)c3)cc2)ccc1OCc1cc(C)no1. The first-order valence-electron chi connectivity index (χ1n) is 13.1. The molecule has 0 atom stereocenters. The molecule has 0 amide bonds. The van der Waals surface area contributed by atoms with E-state index in [2.05, 4.69) is 20.3 Å². The van der Waals surface area contributed by atoms with Gasteiger partial charge in [-0.3, -0.25) is 9.98 Å². The van der Waals surface area contributed by atoms with E-state index in [1.165, 1.54) is 0 Å². The van der Waals surface area contributed by atoms with E-state index >= 15 is 0 Å². The standard InChI is InChI=1S/C32H30N4O6/c1-21-13-27(41-35-21)19-39-29-11-5-23(15-31(29)37-3)17-33-25-7-9-26(10-8-25)34-18-24-6-12-30(32(16-24)38-4)40-20-28-14-22(2)36-42-28/h5-18H,19-20H2,1-4H3. The summed E-state index contributed by atoms with van der Waals surface area (Å²) in [7, 11) is 3.20. The van der Waals surface area contributed by atoms with Gasteiger partial charge in [-0.1, -0.05) is 10.3 Å². The lowest BCUT2D eigenvalue weighted by atomic mass is 10.2. The van der Waals surface area contributed by atoms with E-state index in [1.807, 2.05) is 86.6 Å². The first kappa shape index (κ1) is 28.2. The van der Waals surface area contributed by atoms with E-state index in [4.69, 9.17) is 28.0 Å². The summed E-state index contributed by atoms with van der Waals surface area (Å²) in [6, 6.07) is 22.5. The van der Waals surface area contributed by atoms with Crippen LogP contribution in [-0.2, 0) is 13.2 Å². The van der Waals surface area contributed by atoms with Crippen LogP contribution in [0.5, 0.6) is 23.0 Å². The number of nitrogens with zero attached hydrogens (tertiary/aromatic N) is 4. The van der Waals surface area contributed by atoms with E-state index in [0.717, 1.165) is 33.9 Å². The van der Waals surface area contributed by atoms with Gasteiger partial charge in [0, 0.05) is 24.6 Å². The Morgan fingerprint density at radius 2 is 1.02 bits per heavy atom. The van der Waals surface area contributed by atoms with E-state index in [1.54, 1.807) is 26.6 Å². The minimum absolute atomic E-state index is 0.261. The van der Waals surface area contributed by atoms with Gasteiger partial charge in [-0.2, -0.15) is 0 Å². The molecular formula is C32H30N4O6. The van der Waals surface area contributed by atoms with Crippen molar-refractivity contribution in [3.8, 4) is 23.0 Å². The highest BCUT2D eigenvalue weighted by molar-refractivity contribution is 5.84. The number of benzene rings is 3. The van der Waals surface area contributed by atoms with Gasteiger partial charge in [0.1, 0.15) is 13.2 Å². The molecule has 0 radical (unpaired) electrons. The van der Waals surface area contributed by atoms with Crippen molar-refractivity contribution in [1.29, 1.82) is 0 Å².